The maximum Gasteiger partial charge on any atom is 0.187 e. The first kappa shape index (κ1) is 18.9. The van der Waals surface area contributed by atoms with Crippen LogP contribution in [0.4, 0.5) is 0 Å². The van der Waals surface area contributed by atoms with Crippen molar-refractivity contribution in [1.82, 2.24) is 0 Å². The molecule has 0 unspecified atom stereocenters. The molecular formula is C12H22O11. The van der Waals surface area contributed by atoms with E-state index in [0.717, 1.165) is 0 Å². The van der Waals surface area contributed by atoms with E-state index in [1.165, 1.54) is 0 Å². The van der Waals surface area contributed by atoms with Crippen molar-refractivity contribution in [3.63, 3.8) is 0 Å². The van der Waals surface area contributed by atoms with Gasteiger partial charge in [0.25, 0.3) is 0 Å². The van der Waals surface area contributed by atoms with Crippen LogP contribution < -0.4 is 0 Å². The van der Waals surface area contributed by atoms with Crippen molar-refractivity contribution in [1.29, 1.82) is 0 Å². The molecule has 11 heteroatoms. The summed E-state index contributed by atoms with van der Waals surface area (Å²) in [5.74, 6) is 0. The van der Waals surface area contributed by atoms with Crippen LogP contribution in [-0.4, -0.2) is 115 Å². The van der Waals surface area contributed by atoms with Gasteiger partial charge >= 0.3 is 0 Å². The minimum absolute atomic E-state index is 0.667. The molecule has 0 aromatic heterocycles. The Morgan fingerprint density at radius 3 is 1.83 bits per heavy atom. The lowest BCUT2D eigenvalue weighted by molar-refractivity contribution is -0.355. The lowest BCUT2D eigenvalue weighted by atomic mass is 9.97. The standard InChI is InChI=1S/C12H22O11/c13-1-3-5(15)6(16)9(19)12(22-3)23-10-4(2-14)21-11(20)8(18)7(10)17/h3-20H,1-2H2/t3-,4+,5+,6+,7+,8+,9-,10+,11+,12+/m1/s1. The molecule has 2 heterocycles. The van der Waals surface area contributed by atoms with Crippen LogP contribution >= 0.6 is 0 Å². The van der Waals surface area contributed by atoms with E-state index < -0.39 is 74.6 Å². The van der Waals surface area contributed by atoms with Gasteiger partial charge < -0.3 is 55.1 Å². The number of aliphatic hydroxyl groups excluding tert-OH is 8. The van der Waals surface area contributed by atoms with Gasteiger partial charge in [-0.1, -0.05) is 0 Å². The zero-order valence-electron chi connectivity index (χ0n) is 12.0. The van der Waals surface area contributed by atoms with Crippen LogP contribution in [0.3, 0.4) is 0 Å². The van der Waals surface area contributed by atoms with E-state index in [1.54, 1.807) is 0 Å². The predicted octanol–water partition coefficient (Wildman–Crippen LogP) is -5.40. The van der Waals surface area contributed by atoms with Gasteiger partial charge in [0.1, 0.15) is 48.8 Å². The molecule has 23 heavy (non-hydrogen) atoms. The molecule has 10 atom stereocenters. The van der Waals surface area contributed by atoms with Crippen LogP contribution in [0.5, 0.6) is 0 Å². The summed E-state index contributed by atoms with van der Waals surface area (Å²) >= 11 is 0. The highest BCUT2D eigenvalue weighted by atomic mass is 16.7. The minimum Gasteiger partial charge on any atom is -0.394 e. The van der Waals surface area contributed by atoms with Gasteiger partial charge in [-0.3, -0.25) is 0 Å². The largest absolute Gasteiger partial charge is 0.394 e. The maximum absolute atomic E-state index is 9.94. The van der Waals surface area contributed by atoms with Crippen molar-refractivity contribution in [2.75, 3.05) is 13.2 Å². The van der Waals surface area contributed by atoms with Crippen LogP contribution in [0.2, 0.25) is 0 Å². The van der Waals surface area contributed by atoms with E-state index in [-0.39, 0.29) is 0 Å². The molecule has 0 aromatic rings. The average Bonchev–Trinajstić information content (AvgIpc) is 2.55. The Labute approximate surface area is 130 Å². The van der Waals surface area contributed by atoms with Crippen molar-refractivity contribution in [2.24, 2.45) is 0 Å². The van der Waals surface area contributed by atoms with Crippen LogP contribution in [0.15, 0.2) is 0 Å². The first-order valence-electron chi connectivity index (χ1n) is 7.08. The highest BCUT2D eigenvalue weighted by molar-refractivity contribution is 4.93. The Hall–Kier alpha value is -0.440. The molecule has 0 radical (unpaired) electrons. The molecular weight excluding hydrogens is 320 g/mol. The summed E-state index contributed by atoms with van der Waals surface area (Å²) in [5.41, 5.74) is 0. The van der Waals surface area contributed by atoms with Crippen LogP contribution in [-0.2, 0) is 14.2 Å². The first-order chi connectivity index (χ1) is 10.8. The van der Waals surface area contributed by atoms with Crippen LogP contribution in [0.1, 0.15) is 0 Å². The SMILES string of the molecule is OC[C@@H]1O[C@H](O)[C@@H](O)[C@H](O)[C@H]1O[C@@H]1O[C@H](CO)[C@H](O)[C@H](O)[C@H]1O. The predicted molar refractivity (Wildman–Crippen MR) is 68.6 cm³/mol. The van der Waals surface area contributed by atoms with Crippen LogP contribution in [0, 0.1) is 0 Å². The normalized spacial score (nSPS) is 51.7. The molecule has 11 nitrogen and oxygen atoms in total. The van der Waals surface area contributed by atoms with Gasteiger partial charge in [-0.15, -0.1) is 0 Å². The molecule has 2 aliphatic heterocycles. The van der Waals surface area contributed by atoms with E-state index in [2.05, 4.69) is 0 Å². The summed E-state index contributed by atoms with van der Waals surface area (Å²) in [5, 5.41) is 76.5. The lowest BCUT2D eigenvalue weighted by Crippen LogP contribution is -2.64. The van der Waals surface area contributed by atoms with Crippen molar-refractivity contribution in [2.45, 2.75) is 61.4 Å². The number of rotatable bonds is 4. The molecule has 0 aromatic carbocycles. The molecule has 0 saturated carbocycles. The Morgan fingerprint density at radius 2 is 1.26 bits per heavy atom. The Kier molecular flexibility index (Phi) is 6.27. The minimum atomic E-state index is -1.74. The summed E-state index contributed by atoms with van der Waals surface area (Å²) in [4.78, 5) is 0. The summed E-state index contributed by atoms with van der Waals surface area (Å²) in [7, 11) is 0. The average molecular weight is 342 g/mol. The zero-order valence-corrected chi connectivity index (χ0v) is 12.0. The molecule has 2 aliphatic rings. The smallest absolute Gasteiger partial charge is 0.187 e. The third kappa shape index (κ3) is 3.65. The van der Waals surface area contributed by atoms with Crippen molar-refractivity contribution in [3.05, 3.63) is 0 Å². The summed E-state index contributed by atoms with van der Waals surface area (Å²) in [6, 6.07) is 0. The van der Waals surface area contributed by atoms with Gasteiger partial charge in [0.05, 0.1) is 13.2 Å². The Bertz CT molecular complexity index is 378. The monoisotopic (exact) mass is 342 g/mol. The Balaban J connectivity index is 2.11. The first-order valence-corrected chi connectivity index (χ1v) is 7.08. The van der Waals surface area contributed by atoms with E-state index in [4.69, 9.17) is 19.3 Å². The maximum atomic E-state index is 9.94. The number of hydrogen-bond donors (Lipinski definition) is 8. The quantitative estimate of drug-likeness (QED) is 0.243. The zero-order chi connectivity index (χ0) is 17.3. The Morgan fingerprint density at radius 1 is 0.652 bits per heavy atom. The molecule has 0 aliphatic carbocycles. The molecule has 2 saturated heterocycles. The second kappa shape index (κ2) is 7.63. The molecule has 0 spiro atoms. The molecule has 2 fully saturated rings. The lowest BCUT2D eigenvalue weighted by Gasteiger charge is -2.45. The molecule has 0 amide bonds. The fourth-order valence-electron chi connectivity index (χ4n) is 2.57. The third-order valence-corrected chi connectivity index (χ3v) is 3.98. The van der Waals surface area contributed by atoms with Crippen LogP contribution in [0.25, 0.3) is 0 Å². The van der Waals surface area contributed by atoms with Gasteiger partial charge in [-0.05, 0) is 0 Å². The van der Waals surface area contributed by atoms with E-state index in [1.807, 2.05) is 0 Å². The summed E-state index contributed by atoms with van der Waals surface area (Å²) in [6.45, 7) is -1.35. The summed E-state index contributed by atoms with van der Waals surface area (Å²) < 4.78 is 15.3. The fraction of sp³-hybridized carbons (Fsp3) is 1.00. The fourth-order valence-corrected chi connectivity index (χ4v) is 2.57. The van der Waals surface area contributed by atoms with Gasteiger partial charge in [-0.25, -0.2) is 0 Å². The van der Waals surface area contributed by atoms with E-state index in [9.17, 15) is 35.7 Å². The number of ether oxygens (including phenoxy) is 3. The second-order valence-corrected chi connectivity index (χ2v) is 5.53. The van der Waals surface area contributed by atoms with E-state index >= 15 is 0 Å². The number of aliphatic hydroxyl groups is 8. The van der Waals surface area contributed by atoms with Gasteiger partial charge in [0.2, 0.25) is 0 Å². The number of hydrogen-bond acceptors (Lipinski definition) is 11. The van der Waals surface area contributed by atoms with Gasteiger partial charge in [0, 0.05) is 0 Å². The molecule has 0 bridgehead atoms. The second-order valence-electron chi connectivity index (χ2n) is 5.53. The van der Waals surface area contributed by atoms with Crippen molar-refractivity contribution >= 4 is 0 Å². The van der Waals surface area contributed by atoms with Gasteiger partial charge in [-0.2, -0.15) is 0 Å². The van der Waals surface area contributed by atoms with Gasteiger partial charge in [0.15, 0.2) is 12.6 Å². The summed E-state index contributed by atoms with van der Waals surface area (Å²) in [6.07, 6.45) is -15.6. The van der Waals surface area contributed by atoms with Crippen molar-refractivity contribution < 1.29 is 55.1 Å². The third-order valence-electron chi connectivity index (χ3n) is 3.98. The van der Waals surface area contributed by atoms with E-state index in [0.29, 0.717) is 0 Å². The molecule has 8 N–H and O–H groups in total. The molecule has 2 rings (SSSR count). The van der Waals surface area contributed by atoms with Crippen molar-refractivity contribution in [3.8, 4) is 0 Å². The highest BCUT2D eigenvalue weighted by Crippen LogP contribution is 2.28. The molecule has 136 valence electrons. The highest BCUT2D eigenvalue weighted by Gasteiger charge is 2.50. The topological polar surface area (TPSA) is 190 Å².